The summed E-state index contributed by atoms with van der Waals surface area (Å²) in [6.45, 7) is 1.91. The molecular formula is C25H26Cl2N2O3S. The maximum Gasteiger partial charge on any atom is 0.242 e. The van der Waals surface area contributed by atoms with Crippen molar-refractivity contribution >= 4 is 39.1 Å². The molecule has 0 aliphatic heterocycles. The molecule has 3 aromatic rings. The minimum atomic E-state index is -4.10. The van der Waals surface area contributed by atoms with Crippen LogP contribution in [0.5, 0.6) is 0 Å². The predicted octanol–water partition coefficient (Wildman–Crippen LogP) is 5.02. The van der Waals surface area contributed by atoms with Crippen LogP contribution in [0.25, 0.3) is 0 Å². The summed E-state index contributed by atoms with van der Waals surface area (Å²) in [6.07, 6.45) is 1.71. The highest BCUT2D eigenvalue weighted by atomic mass is 35.5. The van der Waals surface area contributed by atoms with Crippen LogP contribution in [-0.4, -0.2) is 26.4 Å². The Morgan fingerprint density at radius 3 is 2.15 bits per heavy atom. The summed E-state index contributed by atoms with van der Waals surface area (Å²) in [5.41, 5.74) is 2.00. The molecule has 0 spiro atoms. The number of amides is 1. The lowest BCUT2D eigenvalue weighted by atomic mass is 10.0. The quantitative estimate of drug-likeness (QED) is 0.406. The molecule has 33 heavy (non-hydrogen) atoms. The summed E-state index contributed by atoms with van der Waals surface area (Å²) < 4.78 is 28.7. The van der Waals surface area contributed by atoms with Gasteiger partial charge in [0.1, 0.15) is 10.9 Å². The van der Waals surface area contributed by atoms with Gasteiger partial charge in [0, 0.05) is 11.1 Å². The number of nitrogens with one attached hydrogen (secondary N) is 2. The van der Waals surface area contributed by atoms with Crippen molar-refractivity contribution in [3.63, 3.8) is 0 Å². The third-order valence-electron chi connectivity index (χ3n) is 5.18. The SMILES string of the molecule is C[C@H](CCc1ccccc1)NC(=O)[C@@H](Cc1ccccc1)NS(=O)(=O)c1cc(Cl)ccc1Cl. The van der Waals surface area contributed by atoms with Crippen molar-refractivity contribution < 1.29 is 13.2 Å². The van der Waals surface area contributed by atoms with E-state index in [1.54, 1.807) is 0 Å². The zero-order valence-corrected chi connectivity index (χ0v) is 20.5. The third kappa shape index (κ3) is 7.57. The summed E-state index contributed by atoms with van der Waals surface area (Å²) in [5, 5.41) is 3.21. The van der Waals surface area contributed by atoms with Gasteiger partial charge in [-0.25, -0.2) is 8.42 Å². The lowest BCUT2D eigenvalue weighted by Crippen LogP contribution is -2.50. The predicted molar refractivity (Wildman–Crippen MR) is 133 cm³/mol. The average molecular weight is 505 g/mol. The molecule has 0 aliphatic rings. The highest BCUT2D eigenvalue weighted by Crippen LogP contribution is 2.25. The Bertz CT molecular complexity index is 1170. The first kappa shape index (κ1) is 25.2. The van der Waals surface area contributed by atoms with Gasteiger partial charge in [-0.1, -0.05) is 83.9 Å². The number of hydrogen-bond donors (Lipinski definition) is 2. The molecule has 2 atom stereocenters. The van der Waals surface area contributed by atoms with Gasteiger partial charge in [0.25, 0.3) is 0 Å². The molecule has 0 aromatic heterocycles. The van der Waals surface area contributed by atoms with Gasteiger partial charge in [-0.2, -0.15) is 4.72 Å². The van der Waals surface area contributed by atoms with E-state index >= 15 is 0 Å². The van der Waals surface area contributed by atoms with Gasteiger partial charge in [-0.05, 0) is 55.5 Å². The highest BCUT2D eigenvalue weighted by Gasteiger charge is 2.28. The van der Waals surface area contributed by atoms with Crippen molar-refractivity contribution in [1.82, 2.24) is 10.0 Å². The Labute approximate surface area is 205 Å². The van der Waals surface area contributed by atoms with Crippen LogP contribution in [0.2, 0.25) is 10.0 Å². The zero-order valence-electron chi connectivity index (χ0n) is 18.2. The van der Waals surface area contributed by atoms with E-state index in [9.17, 15) is 13.2 Å². The van der Waals surface area contributed by atoms with Gasteiger partial charge >= 0.3 is 0 Å². The molecular weight excluding hydrogens is 479 g/mol. The van der Waals surface area contributed by atoms with Crippen LogP contribution >= 0.6 is 23.2 Å². The van der Waals surface area contributed by atoms with Crippen LogP contribution in [0.3, 0.4) is 0 Å². The number of hydrogen-bond acceptors (Lipinski definition) is 3. The van der Waals surface area contributed by atoms with E-state index in [-0.39, 0.29) is 27.4 Å². The van der Waals surface area contributed by atoms with Gasteiger partial charge in [0.2, 0.25) is 15.9 Å². The number of rotatable bonds is 10. The Balaban J connectivity index is 1.75. The van der Waals surface area contributed by atoms with E-state index < -0.39 is 22.0 Å². The van der Waals surface area contributed by atoms with Crippen molar-refractivity contribution in [2.45, 2.75) is 43.2 Å². The van der Waals surface area contributed by atoms with Crippen molar-refractivity contribution in [3.05, 3.63) is 100 Å². The topological polar surface area (TPSA) is 75.3 Å². The molecule has 0 aliphatic carbocycles. The second-order valence-corrected chi connectivity index (χ2v) is 10.4. The van der Waals surface area contributed by atoms with Gasteiger partial charge < -0.3 is 5.32 Å². The molecule has 0 radical (unpaired) electrons. The number of carbonyl (C=O) groups excluding carboxylic acids is 1. The molecule has 5 nitrogen and oxygen atoms in total. The van der Waals surface area contributed by atoms with E-state index in [2.05, 4.69) is 10.0 Å². The molecule has 3 rings (SSSR count). The Morgan fingerprint density at radius 1 is 0.909 bits per heavy atom. The first-order valence-electron chi connectivity index (χ1n) is 10.6. The lowest BCUT2D eigenvalue weighted by Gasteiger charge is -2.22. The summed E-state index contributed by atoms with van der Waals surface area (Å²) in [6, 6.07) is 22.3. The summed E-state index contributed by atoms with van der Waals surface area (Å²) in [4.78, 5) is 13.0. The first-order chi connectivity index (χ1) is 15.7. The summed E-state index contributed by atoms with van der Waals surface area (Å²) in [5.74, 6) is -0.402. The third-order valence-corrected chi connectivity index (χ3v) is 7.37. The normalized spacial score (nSPS) is 13.3. The zero-order chi connectivity index (χ0) is 23.8. The lowest BCUT2D eigenvalue weighted by molar-refractivity contribution is -0.123. The number of benzene rings is 3. The van der Waals surface area contributed by atoms with E-state index in [4.69, 9.17) is 23.2 Å². The molecule has 0 saturated carbocycles. The van der Waals surface area contributed by atoms with Crippen LogP contribution in [0.4, 0.5) is 0 Å². The second kappa shape index (κ2) is 11.7. The molecule has 174 valence electrons. The van der Waals surface area contributed by atoms with Gasteiger partial charge in [0.05, 0.1) is 5.02 Å². The van der Waals surface area contributed by atoms with E-state index in [0.717, 1.165) is 18.4 Å². The Kier molecular flexibility index (Phi) is 8.92. The number of carbonyl (C=O) groups is 1. The first-order valence-corrected chi connectivity index (χ1v) is 12.8. The molecule has 0 heterocycles. The second-order valence-electron chi connectivity index (χ2n) is 7.87. The van der Waals surface area contributed by atoms with E-state index in [1.807, 2.05) is 67.6 Å². The molecule has 2 N–H and O–H groups in total. The fraction of sp³-hybridized carbons (Fsp3) is 0.240. The monoisotopic (exact) mass is 504 g/mol. The molecule has 0 fully saturated rings. The minimum Gasteiger partial charge on any atom is -0.352 e. The largest absolute Gasteiger partial charge is 0.352 e. The molecule has 0 saturated heterocycles. The Morgan fingerprint density at radius 2 is 1.52 bits per heavy atom. The fourth-order valence-electron chi connectivity index (χ4n) is 3.42. The smallest absolute Gasteiger partial charge is 0.242 e. The van der Waals surface area contributed by atoms with Crippen molar-refractivity contribution in [2.24, 2.45) is 0 Å². The highest BCUT2D eigenvalue weighted by molar-refractivity contribution is 7.89. The van der Waals surface area contributed by atoms with Crippen LogP contribution in [-0.2, 0) is 27.7 Å². The van der Waals surface area contributed by atoms with Crippen LogP contribution in [0.1, 0.15) is 24.5 Å². The van der Waals surface area contributed by atoms with Gasteiger partial charge in [-0.3, -0.25) is 4.79 Å². The van der Waals surface area contributed by atoms with Crippen LogP contribution in [0, 0.1) is 0 Å². The van der Waals surface area contributed by atoms with Gasteiger partial charge in [-0.15, -0.1) is 0 Å². The maximum atomic E-state index is 13.1. The van der Waals surface area contributed by atoms with E-state index in [1.165, 1.54) is 23.8 Å². The van der Waals surface area contributed by atoms with Crippen molar-refractivity contribution in [3.8, 4) is 0 Å². The maximum absolute atomic E-state index is 13.1. The van der Waals surface area contributed by atoms with Crippen LogP contribution < -0.4 is 10.0 Å². The number of aryl methyl sites for hydroxylation is 1. The molecule has 8 heteroatoms. The summed E-state index contributed by atoms with van der Waals surface area (Å²) >= 11 is 12.1. The molecule has 1 amide bonds. The van der Waals surface area contributed by atoms with Crippen LogP contribution in [0.15, 0.2) is 83.8 Å². The molecule has 0 bridgehead atoms. The molecule has 3 aromatic carbocycles. The van der Waals surface area contributed by atoms with E-state index in [0.29, 0.717) is 0 Å². The number of halogens is 2. The van der Waals surface area contributed by atoms with Crippen molar-refractivity contribution in [2.75, 3.05) is 0 Å². The number of sulfonamides is 1. The summed E-state index contributed by atoms with van der Waals surface area (Å²) in [7, 11) is -4.10. The Hall–Kier alpha value is -2.38. The van der Waals surface area contributed by atoms with Crippen molar-refractivity contribution in [1.29, 1.82) is 0 Å². The average Bonchev–Trinajstić information content (AvgIpc) is 2.80. The van der Waals surface area contributed by atoms with Gasteiger partial charge in [0.15, 0.2) is 0 Å². The molecule has 0 unspecified atom stereocenters. The minimum absolute atomic E-state index is 0.0296. The fourth-order valence-corrected chi connectivity index (χ4v) is 5.37. The standard InChI is InChI=1S/C25H26Cl2N2O3S/c1-18(12-13-19-8-4-2-5-9-19)28-25(30)23(16-20-10-6-3-7-11-20)29-33(31,32)24-17-21(26)14-15-22(24)27/h2-11,14-15,17-18,23,29H,12-13,16H2,1H3,(H,28,30)/t18-,23-/m1/s1.